The summed E-state index contributed by atoms with van der Waals surface area (Å²) in [6, 6.07) is 13.6. The molecule has 9 heteroatoms. The van der Waals surface area contributed by atoms with Crippen LogP contribution in [0.3, 0.4) is 0 Å². The molecule has 0 fully saturated rings. The first-order chi connectivity index (χ1) is 16.5. The average molecular weight is 481 g/mol. The van der Waals surface area contributed by atoms with Gasteiger partial charge < -0.3 is 29.0 Å². The van der Waals surface area contributed by atoms with Crippen LogP contribution < -0.4 is 14.8 Å². The van der Waals surface area contributed by atoms with Gasteiger partial charge in [0, 0.05) is 24.9 Å². The van der Waals surface area contributed by atoms with Gasteiger partial charge in [-0.2, -0.15) is 4.98 Å². The standard InChI is InChI=1S/C25H28N4O4S/c1-15-6-8-17(9-7-15)22-21(16(2)29(12-13-30-3)25(34)26-22)24-27-23(28-33-24)18-10-11-19(31-4)20(14-18)32-5/h6-11,14,22H,12-13H2,1-5H3,(H,26,34). The summed E-state index contributed by atoms with van der Waals surface area (Å²) in [6.45, 7) is 5.21. The fraction of sp³-hybridized carbons (Fsp3) is 0.320. The predicted octanol–water partition coefficient (Wildman–Crippen LogP) is 4.37. The largest absolute Gasteiger partial charge is 0.493 e. The van der Waals surface area contributed by atoms with E-state index in [9.17, 15) is 0 Å². The van der Waals surface area contributed by atoms with E-state index in [0.29, 0.717) is 41.5 Å². The van der Waals surface area contributed by atoms with Gasteiger partial charge in [-0.15, -0.1) is 0 Å². The molecule has 0 saturated carbocycles. The van der Waals surface area contributed by atoms with Crippen LogP contribution in [-0.4, -0.2) is 54.6 Å². The molecule has 2 aromatic carbocycles. The number of rotatable bonds is 8. The van der Waals surface area contributed by atoms with Gasteiger partial charge >= 0.3 is 0 Å². The van der Waals surface area contributed by atoms with Crippen LogP contribution in [0.15, 0.2) is 52.7 Å². The van der Waals surface area contributed by atoms with Gasteiger partial charge in [-0.05, 0) is 49.8 Å². The van der Waals surface area contributed by atoms with Crippen molar-refractivity contribution in [3.8, 4) is 22.9 Å². The van der Waals surface area contributed by atoms with Crippen molar-refractivity contribution in [2.75, 3.05) is 34.5 Å². The molecule has 4 rings (SSSR count). The lowest BCUT2D eigenvalue weighted by atomic mass is 9.94. The fourth-order valence-electron chi connectivity index (χ4n) is 3.94. The van der Waals surface area contributed by atoms with E-state index in [1.807, 2.05) is 30.0 Å². The molecule has 0 spiro atoms. The Balaban J connectivity index is 1.78. The number of hydrogen-bond acceptors (Lipinski definition) is 7. The number of nitrogens with zero attached hydrogens (tertiary/aromatic N) is 3. The van der Waals surface area contributed by atoms with Crippen molar-refractivity contribution in [1.82, 2.24) is 20.4 Å². The SMILES string of the molecule is COCCN1C(=S)NC(c2ccc(C)cc2)C(c2nc(-c3ccc(OC)c(OC)c3)no2)=C1C. The Kier molecular flexibility index (Phi) is 7.14. The Morgan fingerprint density at radius 3 is 2.44 bits per heavy atom. The molecule has 1 aliphatic heterocycles. The van der Waals surface area contributed by atoms with Crippen LogP contribution in [0.4, 0.5) is 0 Å². The molecule has 0 aliphatic carbocycles. The fourth-order valence-corrected chi connectivity index (χ4v) is 4.29. The van der Waals surface area contributed by atoms with E-state index in [4.69, 9.17) is 35.9 Å². The third kappa shape index (κ3) is 4.62. The molecule has 8 nitrogen and oxygen atoms in total. The number of ether oxygens (including phenoxy) is 3. The van der Waals surface area contributed by atoms with Gasteiger partial charge in [-0.25, -0.2) is 0 Å². The van der Waals surface area contributed by atoms with Gasteiger partial charge in [0.05, 0.1) is 32.4 Å². The van der Waals surface area contributed by atoms with Crippen LogP contribution in [0.2, 0.25) is 0 Å². The van der Waals surface area contributed by atoms with Gasteiger partial charge in [0.25, 0.3) is 5.89 Å². The monoisotopic (exact) mass is 480 g/mol. The normalized spacial score (nSPS) is 16.0. The molecule has 3 aromatic rings. The van der Waals surface area contributed by atoms with E-state index >= 15 is 0 Å². The topological polar surface area (TPSA) is 81.9 Å². The number of methoxy groups -OCH3 is 3. The second-order valence-electron chi connectivity index (χ2n) is 7.93. The number of hydrogen-bond donors (Lipinski definition) is 1. The third-order valence-corrected chi connectivity index (χ3v) is 6.16. The number of benzene rings is 2. The lowest BCUT2D eigenvalue weighted by molar-refractivity contribution is 0.183. The maximum atomic E-state index is 5.79. The van der Waals surface area contributed by atoms with E-state index < -0.39 is 0 Å². The second-order valence-corrected chi connectivity index (χ2v) is 8.32. The Bertz CT molecular complexity index is 1210. The maximum absolute atomic E-state index is 5.79. The number of allylic oxidation sites excluding steroid dienone is 1. The molecule has 0 radical (unpaired) electrons. The highest BCUT2D eigenvalue weighted by atomic mass is 32.1. The van der Waals surface area contributed by atoms with Gasteiger partial charge in [-0.3, -0.25) is 0 Å². The molecule has 1 aromatic heterocycles. The summed E-state index contributed by atoms with van der Waals surface area (Å²) in [5.41, 5.74) is 4.80. The van der Waals surface area contributed by atoms with Gasteiger partial charge in [0.2, 0.25) is 5.82 Å². The lowest BCUT2D eigenvalue weighted by Crippen LogP contribution is -2.47. The summed E-state index contributed by atoms with van der Waals surface area (Å²) in [5.74, 6) is 2.10. The molecule has 2 heterocycles. The molecule has 178 valence electrons. The molecule has 0 bridgehead atoms. The molecule has 1 N–H and O–H groups in total. The van der Waals surface area contributed by atoms with Crippen molar-refractivity contribution in [2.45, 2.75) is 19.9 Å². The molecule has 0 saturated heterocycles. The summed E-state index contributed by atoms with van der Waals surface area (Å²) >= 11 is 5.69. The van der Waals surface area contributed by atoms with Crippen molar-refractivity contribution in [2.24, 2.45) is 0 Å². The van der Waals surface area contributed by atoms with E-state index in [0.717, 1.165) is 22.4 Å². The summed E-state index contributed by atoms with van der Waals surface area (Å²) in [5, 5.41) is 8.34. The molecule has 1 atom stereocenters. The smallest absolute Gasteiger partial charge is 0.258 e. The van der Waals surface area contributed by atoms with E-state index in [2.05, 4.69) is 41.7 Å². The van der Waals surface area contributed by atoms with Crippen molar-refractivity contribution in [1.29, 1.82) is 0 Å². The maximum Gasteiger partial charge on any atom is 0.258 e. The number of thiocarbonyl (C=S) groups is 1. The lowest BCUT2D eigenvalue weighted by Gasteiger charge is -2.37. The minimum absolute atomic E-state index is 0.231. The highest BCUT2D eigenvalue weighted by molar-refractivity contribution is 7.80. The van der Waals surface area contributed by atoms with Gasteiger partial charge in [0.15, 0.2) is 16.6 Å². The van der Waals surface area contributed by atoms with Crippen LogP contribution in [0.1, 0.15) is 30.0 Å². The highest BCUT2D eigenvalue weighted by Gasteiger charge is 2.34. The average Bonchev–Trinajstić information content (AvgIpc) is 3.33. The minimum atomic E-state index is -0.231. The zero-order chi connectivity index (χ0) is 24.2. The van der Waals surface area contributed by atoms with Gasteiger partial charge in [0.1, 0.15) is 0 Å². The molecular weight excluding hydrogens is 452 g/mol. The van der Waals surface area contributed by atoms with E-state index in [-0.39, 0.29) is 6.04 Å². The van der Waals surface area contributed by atoms with E-state index in [1.54, 1.807) is 21.3 Å². The van der Waals surface area contributed by atoms with Crippen LogP contribution in [0.5, 0.6) is 11.5 Å². The summed E-state index contributed by atoms with van der Waals surface area (Å²) in [6.07, 6.45) is 0. The van der Waals surface area contributed by atoms with Crippen LogP contribution in [0, 0.1) is 6.92 Å². The molecular formula is C25H28N4O4S. The molecule has 1 unspecified atom stereocenters. The number of nitrogens with one attached hydrogen (secondary N) is 1. The predicted molar refractivity (Wildman–Crippen MR) is 134 cm³/mol. The minimum Gasteiger partial charge on any atom is -0.493 e. The van der Waals surface area contributed by atoms with Crippen molar-refractivity contribution < 1.29 is 18.7 Å². The zero-order valence-corrected chi connectivity index (χ0v) is 20.7. The van der Waals surface area contributed by atoms with E-state index in [1.165, 1.54) is 5.56 Å². The Morgan fingerprint density at radius 2 is 1.76 bits per heavy atom. The van der Waals surface area contributed by atoms with Gasteiger partial charge in [-0.1, -0.05) is 35.0 Å². The molecule has 1 aliphatic rings. The quantitative estimate of drug-likeness (QED) is 0.473. The molecule has 0 amide bonds. The second kappa shape index (κ2) is 10.2. The first kappa shape index (κ1) is 23.7. The van der Waals surface area contributed by atoms with Crippen molar-refractivity contribution >= 4 is 22.9 Å². The van der Waals surface area contributed by atoms with Crippen LogP contribution in [-0.2, 0) is 4.74 Å². The first-order valence-corrected chi connectivity index (χ1v) is 11.3. The molecule has 34 heavy (non-hydrogen) atoms. The number of aryl methyl sites for hydroxylation is 1. The summed E-state index contributed by atoms with van der Waals surface area (Å²) in [7, 11) is 4.86. The number of aromatic nitrogens is 2. The van der Waals surface area contributed by atoms with Crippen LogP contribution in [0.25, 0.3) is 17.0 Å². The summed E-state index contributed by atoms with van der Waals surface area (Å²) < 4.78 is 21.8. The zero-order valence-electron chi connectivity index (χ0n) is 19.9. The first-order valence-electron chi connectivity index (χ1n) is 10.9. The van der Waals surface area contributed by atoms with Crippen molar-refractivity contribution in [3.05, 3.63) is 65.2 Å². The highest BCUT2D eigenvalue weighted by Crippen LogP contribution is 2.38. The Morgan fingerprint density at radius 1 is 1.03 bits per heavy atom. The summed E-state index contributed by atoms with van der Waals surface area (Å²) in [4.78, 5) is 6.74. The third-order valence-electron chi connectivity index (χ3n) is 5.82. The van der Waals surface area contributed by atoms with Crippen molar-refractivity contribution in [3.63, 3.8) is 0 Å². The Hall–Kier alpha value is -3.43. The Labute approximate surface area is 204 Å². The van der Waals surface area contributed by atoms with Crippen LogP contribution >= 0.6 is 12.2 Å².